The van der Waals surface area contributed by atoms with E-state index in [0.29, 0.717) is 12.6 Å². The lowest BCUT2D eigenvalue weighted by Crippen LogP contribution is -2.67. The maximum Gasteiger partial charge on any atom is 0.407 e. The minimum atomic E-state index is -0.461. The van der Waals surface area contributed by atoms with Gasteiger partial charge in [0, 0.05) is 12.6 Å². The van der Waals surface area contributed by atoms with Gasteiger partial charge in [0.15, 0.2) is 0 Å². The number of hydrogen-bond acceptors (Lipinski definition) is 4. The molecule has 0 aromatic rings. The molecule has 2 aliphatic carbocycles. The molecule has 0 radical (unpaired) electrons. The molecule has 134 valence electrons. The molecular formula is C18H34N2O3. The first kappa shape index (κ1) is 18.5. The zero-order valence-electron chi connectivity index (χ0n) is 15.2. The van der Waals surface area contributed by atoms with Gasteiger partial charge < -0.3 is 20.1 Å². The highest BCUT2D eigenvalue weighted by molar-refractivity contribution is 5.68. The van der Waals surface area contributed by atoms with Crippen molar-refractivity contribution in [3.63, 3.8) is 0 Å². The molecule has 0 aliphatic heterocycles. The van der Waals surface area contributed by atoms with E-state index >= 15 is 0 Å². The van der Waals surface area contributed by atoms with E-state index in [9.17, 15) is 4.79 Å². The molecule has 2 fully saturated rings. The number of carbonyl (C=O) groups is 1. The molecule has 0 heterocycles. The molecule has 0 spiro atoms. The summed E-state index contributed by atoms with van der Waals surface area (Å²) in [5, 5.41) is 6.77. The summed E-state index contributed by atoms with van der Waals surface area (Å²) in [6.07, 6.45) is 8.48. The van der Waals surface area contributed by atoms with Crippen LogP contribution in [0.2, 0.25) is 0 Å². The fourth-order valence-electron chi connectivity index (χ4n) is 3.54. The maximum atomic E-state index is 12.0. The number of hydrogen-bond donors (Lipinski definition) is 2. The van der Waals surface area contributed by atoms with Crippen molar-refractivity contribution in [2.45, 2.75) is 102 Å². The minimum Gasteiger partial charge on any atom is -0.444 e. The Morgan fingerprint density at radius 3 is 2.35 bits per heavy atom. The highest BCUT2D eigenvalue weighted by Crippen LogP contribution is 2.27. The zero-order valence-corrected chi connectivity index (χ0v) is 15.2. The number of carbonyl (C=O) groups excluding carboxylic acids is 1. The summed E-state index contributed by atoms with van der Waals surface area (Å²) in [6, 6.07) is 0.851. The molecule has 5 nitrogen and oxygen atoms in total. The summed E-state index contributed by atoms with van der Waals surface area (Å²) in [5.41, 5.74) is -0.461. The number of rotatable bonds is 5. The monoisotopic (exact) mass is 326 g/mol. The third kappa shape index (κ3) is 5.96. The van der Waals surface area contributed by atoms with Gasteiger partial charge in [0.25, 0.3) is 0 Å². The summed E-state index contributed by atoms with van der Waals surface area (Å²) in [7, 11) is 0. The van der Waals surface area contributed by atoms with Crippen molar-refractivity contribution in [1.29, 1.82) is 0 Å². The van der Waals surface area contributed by atoms with E-state index in [1.807, 2.05) is 27.7 Å². The molecule has 2 N–H and O–H groups in total. The zero-order chi connectivity index (χ0) is 16.9. The molecular weight excluding hydrogens is 292 g/mol. The van der Waals surface area contributed by atoms with E-state index < -0.39 is 5.60 Å². The molecule has 0 bridgehead atoms. The van der Waals surface area contributed by atoms with Crippen molar-refractivity contribution in [2.24, 2.45) is 0 Å². The number of ether oxygens (including phenoxy) is 2. The molecule has 2 rings (SSSR count). The predicted molar refractivity (Wildman–Crippen MR) is 91.6 cm³/mol. The van der Waals surface area contributed by atoms with Gasteiger partial charge in [-0.3, -0.25) is 0 Å². The fourth-order valence-corrected chi connectivity index (χ4v) is 3.54. The molecule has 23 heavy (non-hydrogen) atoms. The quantitative estimate of drug-likeness (QED) is 0.761. The van der Waals surface area contributed by atoms with Gasteiger partial charge in [-0.15, -0.1) is 0 Å². The molecule has 2 aliphatic rings. The SMILES string of the molecule is CCOC1CC(NC(=O)OC(C)(C)C)C1NC1CCCCCC1. The Morgan fingerprint density at radius 1 is 1.13 bits per heavy atom. The highest BCUT2D eigenvalue weighted by atomic mass is 16.6. The van der Waals surface area contributed by atoms with Crippen LogP contribution in [-0.4, -0.2) is 42.5 Å². The van der Waals surface area contributed by atoms with Gasteiger partial charge in [-0.2, -0.15) is 0 Å². The summed E-state index contributed by atoms with van der Waals surface area (Å²) < 4.78 is 11.2. The standard InChI is InChI=1S/C18H34N2O3/c1-5-22-15-12-14(20-17(21)23-18(2,3)4)16(15)19-13-10-8-6-7-9-11-13/h13-16,19H,5-12H2,1-4H3,(H,20,21). The van der Waals surface area contributed by atoms with Gasteiger partial charge >= 0.3 is 6.09 Å². The predicted octanol–water partition coefficient (Wildman–Crippen LogP) is 3.37. The second-order valence-electron chi connectivity index (χ2n) is 7.86. The van der Waals surface area contributed by atoms with E-state index in [2.05, 4.69) is 10.6 Å². The molecule has 3 atom stereocenters. The Bertz CT molecular complexity index is 373. The van der Waals surface area contributed by atoms with Crippen LogP contribution in [0.5, 0.6) is 0 Å². The number of nitrogens with one attached hydrogen (secondary N) is 2. The number of alkyl carbamates (subject to hydrolysis) is 1. The fraction of sp³-hybridized carbons (Fsp3) is 0.944. The molecule has 0 aromatic carbocycles. The minimum absolute atomic E-state index is 0.102. The van der Waals surface area contributed by atoms with Gasteiger partial charge in [-0.05, 0) is 47.0 Å². The lowest BCUT2D eigenvalue weighted by Gasteiger charge is -2.46. The first-order valence-corrected chi connectivity index (χ1v) is 9.26. The van der Waals surface area contributed by atoms with Crippen LogP contribution in [-0.2, 0) is 9.47 Å². The molecule has 1 amide bonds. The molecule has 3 unspecified atom stereocenters. The van der Waals surface area contributed by atoms with Crippen LogP contribution in [0.25, 0.3) is 0 Å². The van der Waals surface area contributed by atoms with Crippen molar-refractivity contribution in [1.82, 2.24) is 10.6 Å². The van der Waals surface area contributed by atoms with Crippen LogP contribution in [0.3, 0.4) is 0 Å². The van der Waals surface area contributed by atoms with Crippen molar-refractivity contribution in [3.05, 3.63) is 0 Å². The van der Waals surface area contributed by atoms with Gasteiger partial charge in [-0.1, -0.05) is 25.7 Å². The highest BCUT2D eigenvalue weighted by Gasteiger charge is 2.44. The van der Waals surface area contributed by atoms with Crippen LogP contribution in [0.1, 0.15) is 72.6 Å². The van der Waals surface area contributed by atoms with E-state index in [-0.39, 0.29) is 24.3 Å². The molecule has 0 saturated heterocycles. The van der Waals surface area contributed by atoms with Crippen LogP contribution >= 0.6 is 0 Å². The summed E-state index contributed by atoms with van der Waals surface area (Å²) >= 11 is 0. The van der Waals surface area contributed by atoms with Gasteiger partial charge in [0.05, 0.1) is 18.2 Å². The van der Waals surface area contributed by atoms with Crippen molar-refractivity contribution < 1.29 is 14.3 Å². The Morgan fingerprint density at radius 2 is 1.78 bits per heavy atom. The third-order valence-electron chi connectivity index (χ3n) is 4.69. The first-order valence-electron chi connectivity index (χ1n) is 9.26. The lowest BCUT2D eigenvalue weighted by molar-refractivity contribution is -0.0471. The van der Waals surface area contributed by atoms with Crippen molar-refractivity contribution in [2.75, 3.05) is 6.61 Å². The second kappa shape index (κ2) is 8.34. The molecule has 0 aromatic heterocycles. The summed E-state index contributed by atoms with van der Waals surface area (Å²) in [4.78, 5) is 12.0. The second-order valence-corrected chi connectivity index (χ2v) is 7.86. The Balaban J connectivity index is 1.87. The summed E-state index contributed by atoms with van der Waals surface area (Å²) in [6.45, 7) is 8.40. The summed E-state index contributed by atoms with van der Waals surface area (Å²) in [5.74, 6) is 0. The average molecular weight is 326 g/mol. The largest absolute Gasteiger partial charge is 0.444 e. The first-order chi connectivity index (χ1) is 10.9. The van der Waals surface area contributed by atoms with E-state index in [1.165, 1.54) is 38.5 Å². The average Bonchev–Trinajstić information content (AvgIpc) is 2.70. The van der Waals surface area contributed by atoms with Crippen LogP contribution < -0.4 is 10.6 Å². The van der Waals surface area contributed by atoms with Gasteiger partial charge in [-0.25, -0.2) is 4.79 Å². The molecule has 5 heteroatoms. The van der Waals surface area contributed by atoms with Crippen molar-refractivity contribution in [3.8, 4) is 0 Å². The maximum absolute atomic E-state index is 12.0. The van der Waals surface area contributed by atoms with Crippen LogP contribution in [0.15, 0.2) is 0 Å². The smallest absolute Gasteiger partial charge is 0.407 e. The van der Waals surface area contributed by atoms with Gasteiger partial charge in [0.1, 0.15) is 5.60 Å². The Kier molecular flexibility index (Phi) is 6.72. The Labute approximate surface area is 140 Å². The van der Waals surface area contributed by atoms with Crippen molar-refractivity contribution >= 4 is 6.09 Å². The van der Waals surface area contributed by atoms with Crippen LogP contribution in [0, 0.1) is 0 Å². The topological polar surface area (TPSA) is 59.6 Å². The molecule has 2 saturated carbocycles. The normalized spacial score (nSPS) is 29.5. The van der Waals surface area contributed by atoms with E-state index in [0.717, 1.165) is 6.42 Å². The third-order valence-corrected chi connectivity index (χ3v) is 4.69. The van der Waals surface area contributed by atoms with Gasteiger partial charge in [0.2, 0.25) is 0 Å². The van der Waals surface area contributed by atoms with Crippen LogP contribution in [0.4, 0.5) is 4.79 Å². The number of amides is 1. The van der Waals surface area contributed by atoms with E-state index in [1.54, 1.807) is 0 Å². The Hall–Kier alpha value is -0.810. The lowest BCUT2D eigenvalue weighted by atomic mass is 9.81. The van der Waals surface area contributed by atoms with E-state index in [4.69, 9.17) is 9.47 Å².